The molecule has 0 unspecified atom stereocenters. The summed E-state index contributed by atoms with van der Waals surface area (Å²) in [6, 6.07) is 5.53. The van der Waals surface area contributed by atoms with Crippen LogP contribution in [0.3, 0.4) is 0 Å². The largest absolute Gasteiger partial charge is 0.375 e. The second-order valence-electron chi connectivity index (χ2n) is 4.35. The van der Waals surface area contributed by atoms with Crippen LogP contribution in [-0.4, -0.2) is 13.4 Å². The van der Waals surface area contributed by atoms with Crippen molar-refractivity contribution in [3.63, 3.8) is 0 Å². The molecule has 2 rings (SSSR count). The van der Waals surface area contributed by atoms with E-state index in [1.807, 2.05) is 26.0 Å². The van der Waals surface area contributed by atoms with Gasteiger partial charge in [-0.2, -0.15) is 0 Å². The number of sulfonamides is 1. The van der Waals surface area contributed by atoms with Crippen LogP contribution in [0.15, 0.2) is 22.4 Å². The van der Waals surface area contributed by atoms with Gasteiger partial charge < -0.3 is 5.73 Å². The van der Waals surface area contributed by atoms with Crippen LogP contribution in [0.25, 0.3) is 0 Å². The van der Waals surface area contributed by atoms with Crippen molar-refractivity contribution < 1.29 is 8.42 Å². The third kappa shape index (κ3) is 2.87. The first kappa shape index (κ1) is 13.8. The van der Waals surface area contributed by atoms with Crippen molar-refractivity contribution in [2.24, 2.45) is 0 Å². The number of thiazole rings is 1. The monoisotopic (exact) mass is 297 g/mol. The van der Waals surface area contributed by atoms with Crippen LogP contribution in [0.1, 0.15) is 16.8 Å². The van der Waals surface area contributed by atoms with Crippen LogP contribution in [0.5, 0.6) is 0 Å². The Bertz CT molecular complexity index is 721. The third-order valence-electron chi connectivity index (χ3n) is 2.64. The summed E-state index contributed by atoms with van der Waals surface area (Å²) in [6.45, 7) is 5.45. The fourth-order valence-electron chi connectivity index (χ4n) is 1.77. The van der Waals surface area contributed by atoms with Crippen LogP contribution in [0.4, 0.5) is 10.8 Å². The van der Waals surface area contributed by atoms with E-state index >= 15 is 0 Å². The molecule has 0 atom stereocenters. The van der Waals surface area contributed by atoms with Crippen molar-refractivity contribution in [1.29, 1.82) is 0 Å². The first-order chi connectivity index (χ1) is 8.79. The molecule has 102 valence electrons. The van der Waals surface area contributed by atoms with Gasteiger partial charge in [-0.15, -0.1) is 0 Å². The Morgan fingerprint density at radius 2 is 1.95 bits per heavy atom. The summed E-state index contributed by atoms with van der Waals surface area (Å²) in [6.07, 6.45) is 0. The molecular formula is C12H15N3O2S2. The average Bonchev–Trinajstić information content (AvgIpc) is 2.63. The van der Waals surface area contributed by atoms with Crippen LogP contribution in [0.2, 0.25) is 0 Å². The van der Waals surface area contributed by atoms with Crippen LogP contribution in [0, 0.1) is 20.8 Å². The minimum Gasteiger partial charge on any atom is -0.375 e. The smallest absolute Gasteiger partial charge is 0.273 e. The van der Waals surface area contributed by atoms with Gasteiger partial charge in [0.25, 0.3) is 10.0 Å². The number of hydrogen-bond acceptors (Lipinski definition) is 5. The Hall–Kier alpha value is -1.60. The fourth-order valence-corrected chi connectivity index (χ4v) is 4.20. The third-order valence-corrected chi connectivity index (χ3v) is 5.60. The van der Waals surface area contributed by atoms with Gasteiger partial charge in [0.15, 0.2) is 9.34 Å². The molecule has 1 heterocycles. The van der Waals surface area contributed by atoms with E-state index < -0.39 is 10.0 Å². The Morgan fingerprint density at radius 1 is 1.26 bits per heavy atom. The molecule has 19 heavy (non-hydrogen) atoms. The average molecular weight is 297 g/mol. The normalized spacial score (nSPS) is 11.5. The number of hydrogen-bond donors (Lipinski definition) is 2. The van der Waals surface area contributed by atoms with Gasteiger partial charge in [0.05, 0.1) is 11.4 Å². The van der Waals surface area contributed by atoms with E-state index in [1.54, 1.807) is 13.0 Å². The molecule has 0 aliphatic rings. The summed E-state index contributed by atoms with van der Waals surface area (Å²) in [4.78, 5) is 3.93. The lowest BCUT2D eigenvalue weighted by atomic mass is 10.1. The lowest BCUT2D eigenvalue weighted by Gasteiger charge is -2.10. The highest BCUT2D eigenvalue weighted by molar-refractivity contribution is 7.94. The topological polar surface area (TPSA) is 85.1 Å². The SMILES string of the molecule is Cc1ccc(NS(=O)(=O)c2sc(N)nc2C)c(C)c1. The van der Waals surface area contributed by atoms with Gasteiger partial charge >= 0.3 is 0 Å². The zero-order valence-corrected chi connectivity index (χ0v) is 12.5. The van der Waals surface area contributed by atoms with Gasteiger partial charge in [0, 0.05) is 0 Å². The minimum atomic E-state index is -3.63. The predicted octanol–water partition coefficient (Wildman–Crippen LogP) is 2.45. The molecule has 0 saturated carbocycles. The van der Waals surface area contributed by atoms with Crippen molar-refractivity contribution in [1.82, 2.24) is 4.98 Å². The van der Waals surface area contributed by atoms with Gasteiger partial charge in [0.1, 0.15) is 0 Å². The first-order valence-corrected chi connectivity index (χ1v) is 7.92. The number of aromatic nitrogens is 1. The first-order valence-electron chi connectivity index (χ1n) is 5.62. The molecule has 5 nitrogen and oxygen atoms in total. The minimum absolute atomic E-state index is 0.157. The van der Waals surface area contributed by atoms with E-state index in [1.165, 1.54) is 0 Å². The Kier molecular flexibility index (Phi) is 3.51. The summed E-state index contributed by atoms with van der Waals surface area (Å²) in [5, 5.41) is 0.249. The number of rotatable bonds is 3. The summed E-state index contributed by atoms with van der Waals surface area (Å²) < 4.78 is 27.3. The fraction of sp³-hybridized carbons (Fsp3) is 0.250. The Morgan fingerprint density at radius 3 is 2.47 bits per heavy atom. The molecule has 0 bridgehead atoms. The zero-order chi connectivity index (χ0) is 14.2. The highest BCUT2D eigenvalue weighted by Crippen LogP contribution is 2.28. The van der Waals surface area contributed by atoms with Crippen molar-refractivity contribution in [3.8, 4) is 0 Å². The molecule has 1 aromatic carbocycles. The zero-order valence-electron chi connectivity index (χ0n) is 10.9. The van der Waals surface area contributed by atoms with E-state index in [0.29, 0.717) is 11.4 Å². The number of nitrogens with two attached hydrogens (primary N) is 1. The standard InChI is InChI=1S/C12H15N3O2S2/c1-7-4-5-10(8(2)6-7)15-19(16,17)11-9(3)14-12(13)18-11/h4-6,15H,1-3H3,(H2,13,14). The quantitative estimate of drug-likeness (QED) is 0.911. The van der Waals surface area contributed by atoms with E-state index in [9.17, 15) is 8.42 Å². The molecule has 3 N–H and O–H groups in total. The molecule has 0 radical (unpaired) electrons. The number of nitrogens with one attached hydrogen (secondary N) is 1. The molecule has 0 fully saturated rings. The summed E-state index contributed by atoms with van der Waals surface area (Å²) in [5.74, 6) is 0. The van der Waals surface area contributed by atoms with Crippen LogP contribution >= 0.6 is 11.3 Å². The van der Waals surface area contributed by atoms with E-state index in [-0.39, 0.29) is 9.34 Å². The maximum atomic E-state index is 12.3. The molecule has 1 aromatic heterocycles. The number of nitrogens with zero attached hydrogens (tertiary/aromatic N) is 1. The second kappa shape index (κ2) is 4.82. The molecule has 0 amide bonds. The van der Waals surface area contributed by atoms with Gasteiger partial charge in [-0.3, -0.25) is 4.72 Å². The van der Waals surface area contributed by atoms with E-state index in [4.69, 9.17) is 5.73 Å². The maximum absolute atomic E-state index is 12.3. The second-order valence-corrected chi connectivity index (χ2v) is 7.26. The molecule has 2 aromatic rings. The van der Waals surface area contributed by atoms with Gasteiger partial charge in [-0.25, -0.2) is 13.4 Å². The number of benzene rings is 1. The van der Waals surface area contributed by atoms with Crippen molar-refractivity contribution >= 4 is 32.2 Å². The Labute approximate surface area is 116 Å². The summed E-state index contributed by atoms with van der Waals surface area (Å²) in [5.41, 5.74) is 8.47. The predicted molar refractivity (Wildman–Crippen MR) is 78.0 cm³/mol. The van der Waals surface area contributed by atoms with Crippen molar-refractivity contribution in [3.05, 3.63) is 35.0 Å². The summed E-state index contributed by atoms with van der Waals surface area (Å²) in [7, 11) is -3.63. The van der Waals surface area contributed by atoms with Gasteiger partial charge in [-0.1, -0.05) is 29.0 Å². The van der Waals surface area contributed by atoms with Crippen LogP contribution in [-0.2, 0) is 10.0 Å². The Balaban J connectivity index is 2.39. The van der Waals surface area contributed by atoms with Crippen molar-refractivity contribution in [2.75, 3.05) is 10.5 Å². The number of anilines is 2. The summed E-state index contributed by atoms with van der Waals surface area (Å²) >= 11 is 0.966. The number of aryl methyl sites for hydroxylation is 3. The van der Waals surface area contributed by atoms with E-state index in [2.05, 4.69) is 9.71 Å². The molecule has 7 heteroatoms. The van der Waals surface area contributed by atoms with E-state index in [0.717, 1.165) is 22.5 Å². The molecule has 0 spiro atoms. The van der Waals surface area contributed by atoms with Crippen LogP contribution < -0.4 is 10.5 Å². The maximum Gasteiger partial charge on any atom is 0.273 e. The number of nitrogen functional groups attached to an aromatic ring is 1. The molecular weight excluding hydrogens is 282 g/mol. The lowest BCUT2D eigenvalue weighted by Crippen LogP contribution is -2.13. The van der Waals surface area contributed by atoms with Gasteiger partial charge in [-0.05, 0) is 32.4 Å². The van der Waals surface area contributed by atoms with Gasteiger partial charge in [0.2, 0.25) is 0 Å². The highest BCUT2D eigenvalue weighted by Gasteiger charge is 2.21. The van der Waals surface area contributed by atoms with Crippen molar-refractivity contribution in [2.45, 2.75) is 25.0 Å². The molecule has 0 aliphatic heterocycles. The highest BCUT2D eigenvalue weighted by atomic mass is 32.2. The lowest BCUT2D eigenvalue weighted by molar-refractivity contribution is 0.602. The molecule has 0 aliphatic carbocycles. The molecule has 0 saturated heterocycles.